The molecular formula is C10H16BrNO4. The van der Waals surface area contributed by atoms with Gasteiger partial charge >= 0.3 is 12.1 Å². The Labute approximate surface area is 103 Å². The minimum Gasteiger partial charge on any atom is -0.480 e. The van der Waals surface area contributed by atoms with E-state index >= 15 is 0 Å². The number of likely N-dealkylation sites (tertiary alicyclic amines) is 1. The molecule has 2 atom stereocenters. The second kappa shape index (κ2) is 4.61. The van der Waals surface area contributed by atoms with Gasteiger partial charge in [-0.05, 0) is 27.2 Å². The van der Waals surface area contributed by atoms with Crippen molar-refractivity contribution in [1.82, 2.24) is 4.90 Å². The van der Waals surface area contributed by atoms with Gasteiger partial charge in [-0.15, -0.1) is 0 Å². The highest BCUT2D eigenvalue weighted by atomic mass is 79.9. The van der Waals surface area contributed by atoms with Crippen molar-refractivity contribution in [2.75, 3.05) is 6.54 Å². The summed E-state index contributed by atoms with van der Waals surface area (Å²) in [5.41, 5.74) is -0.607. The number of carbonyl (C=O) groups excluding carboxylic acids is 1. The molecule has 0 aliphatic carbocycles. The van der Waals surface area contributed by atoms with Gasteiger partial charge in [0.25, 0.3) is 0 Å². The number of carboxylic acid groups (broad SMARTS) is 1. The number of hydrogen-bond acceptors (Lipinski definition) is 3. The van der Waals surface area contributed by atoms with Crippen molar-refractivity contribution >= 4 is 28.0 Å². The molecule has 1 aliphatic heterocycles. The van der Waals surface area contributed by atoms with E-state index in [1.807, 2.05) is 0 Å². The van der Waals surface area contributed by atoms with Crippen LogP contribution in [0.15, 0.2) is 0 Å². The summed E-state index contributed by atoms with van der Waals surface area (Å²) < 4.78 is 5.15. The lowest BCUT2D eigenvalue weighted by atomic mass is 10.2. The molecule has 5 nitrogen and oxygen atoms in total. The fourth-order valence-corrected chi connectivity index (χ4v) is 2.21. The van der Waals surface area contributed by atoms with Crippen LogP contribution < -0.4 is 0 Å². The molecule has 6 heteroatoms. The summed E-state index contributed by atoms with van der Waals surface area (Å²) in [5, 5.41) is 8.98. The zero-order valence-corrected chi connectivity index (χ0v) is 11.2. The fraction of sp³-hybridized carbons (Fsp3) is 0.800. The van der Waals surface area contributed by atoms with Gasteiger partial charge in [-0.25, -0.2) is 9.59 Å². The molecule has 1 saturated heterocycles. The van der Waals surface area contributed by atoms with Crippen LogP contribution in [0.25, 0.3) is 0 Å². The van der Waals surface area contributed by atoms with Crippen molar-refractivity contribution in [3.8, 4) is 0 Å². The molecule has 0 radical (unpaired) electrons. The minimum atomic E-state index is -0.993. The summed E-state index contributed by atoms with van der Waals surface area (Å²) in [6, 6.07) is -0.792. The van der Waals surface area contributed by atoms with Crippen LogP contribution >= 0.6 is 15.9 Å². The lowest BCUT2D eigenvalue weighted by molar-refractivity contribution is -0.142. The molecule has 16 heavy (non-hydrogen) atoms. The van der Waals surface area contributed by atoms with E-state index in [4.69, 9.17) is 9.84 Å². The predicted octanol–water partition coefficient (Wildman–Crippen LogP) is 1.84. The van der Waals surface area contributed by atoms with Crippen LogP contribution in [0.3, 0.4) is 0 Å². The van der Waals surface area contributed by atoms with Gasteiger partial charge in [0, 0.05) is 11.4 Å². The molecule has 2 unspecified atom stereocenters. The third-order valence-electron chi connectivity index (χ3n) is 2.16. The molecule has 1 rings (SSSR count). The minimum absolute atomic E-state index is 0.0149. The number of alkyl halides is 1. The summed E-state index contributed by atoms with van der Waals surface area (Å²) in [6.07, 6.45) is -0.156. The van der Waals surface area contributed by atoms with Gasteiger partial charge in [0.2, 0.25) is 0 Å². The van der Waals surface area contributed by atoms with Gasteiger partial charge < -0.3 is 9.84 Å². The number of nitrogens with zero attached hydrogens (tertiary/aromatic N) is 1. The summed E-state index contributed by atoms with van der Waals surface area (Å²) in [7, 11) is 0. The van der Waals surface area contributed by atoms with Gasteiger partial charge in [-0.2, -0.15) is 0 Å². The Hall–Kier alpha value is -0.780. The molecule has 92 valence electrons. The van der Waals surface area contributed by atoms with Crippen molar-refractivity contribution in [2.24, 2.45) is 0 Å². The first-order valence-corrected chi connectivity index (χ1v) is 5.99. The van der Waals surface area contributed by atoms with Crippen molar-refractivity contribution in [1.29, 1.82) is 0 Å². The first-order valence-electron chi connectivity index (χ1n) is 5.07. The number of aliphatic carboxylic acids is 1. The smallest absolute Gasteiger partial charge is 0.411 e. The van der Waals surface area contributed by atoms with Crippen molar-refractivity contribution in [3.05, 3.63) is 0 Å². The van der Waals surface area contributed by atoms with E-state index in [0.717, 1.165) is 0 Å². The van der Waals surface area contributed by atoms with E-state index in [9.17, 15) is 9.59 Å². The molecule has 0 aromatic heterocycles. The Bertz CT molecular complexity index is 300. The van der Waals surface area contributed by atoms with Crippen LogP contribution in [0.2, 0.25) is 0 Å². The second-order valence-corrected chi connectivity index (χ2v) is 6.11. The fourth-order valence-electron chi connectivity index (χ4n) is 1.54. The average molecular weight is 294 g/mol. The Kier molecular flexibility index (Phi) is 3.83. The summed E-state index contributed by atoms with van der Waals surface area (Å²) in [6.45, 7) is 5.62. The summed E-state index contributed by atoms with van der Waals surface area (Å²) >= 11 is 3.32. The first-order chi connectivity index (χ1) is 7.20. The van der Waals surface area contributed by atoms with Crippen LogP contribution in [-0.4, -0.2) is 45.1 Å². The lowest BCUT2D eigenvalue weighted by Gasteiger charge is -2.26. The zero-order chi connectivity index (χ0) is 12.5. The molecule has 0 saturated carbocycles. The van der Waals surface area contributed by atoms with E-state index in [-0.39, 0.29) is 4.83 Å². The standard InChI is InChI=1S/C10H16BrNO4/c1-10(2,3)16-9(15)12-5-6(11)4-7(12)8(13)14/h6-7H,4-5H2,1-3H3,(H,13,14). The molecule has 0 bridgehead atoms. The number of halogens is 1. The topological polar surface area (TPSA) is 66.8 Å². The highest BCUT2D eigenvalue weighted by Crippen LogP contribution is 2.25. The maximum absolute atomic E-state index is 11.7. The molecular weight excluding hydrogens is 278 g/mol. The molecule has 0 aromatic carbocycles. The molecule has 1 heterocycles. The van der Waals surface area contributed by atoms with Crippen LogP contribution in [0, 0.1) is 0 Å². The zero-order valence-electron chi connectivity index (χ0n) is 9.57. The van der Waals surface area contributed by atoms with Gasteiger partial charge in [-0.1, -0.05) is 15.9 Å². The van der Waals surface area contributed by atoms with Crippen LogP contribution in [0.5, 0.6) is 0 Å². The highest BCUT2D eigenvalue weighted by molar-refractivity contribution is 9.09. The van der Waals surface area contributed by atoms with Crippen LogP contribution in [-0.2, 0) is 9.53 Å². The Morgan fingerprint density at radius 2 is 2.00 bits per heavy atom. The maximum Gasteiger partial charge on any atom is 0.411 e. The highest BCUT2D eigenvalue weighted by Gasteiger charge is 2.40. The molecule has 1 N–H and O–H groups in total. The van der Waals surface area contributed by atoms with E-state index in [0.29, 0.717) is 13.0 Å². The van der Waals surface area contributed by atoms with Gasteiger partial charge in [-0.3, -0.25) is 4.90 Å². The van der Waals surface area contributed by atoms with Gasteiger partial charge in [0.1, 0.15) is 11.6 Å². The molecule has 0 spiro atoms. The Morgan fingerprint density at radius 3 is 2.44 bits per heavy atom. The Morgan fingerprint density at radius 1 is 1.44 bits per heavy atom. The van der Waals surface area contributed by atoms with Crippen LogP contribution in [0.1, 0.15) is 27.2 Å². The third-order valence-corrected chi connectivity index (χ3v) is 2.83. The number of rotatable bonds is 1. The van der Waals surface area contributed by atoms with E-state index < -0.39 is 23.7 Å². The largest absolute Gasteiger partial charge is 0.480 e. The summed E-state index contributed by atoms with van der Waals surface area (Å²) in [5.74, 6) is -0.993. The summed E-state index contributed by atoms with van der Waals surface area (Å²) in [4.78, 5) is 24.0. The Balaban J connectivity index is 2.71. The number of carbonyl (C=O) groups is 2. The number of amides is 1. The third kappa shape index (κ3) is 3.37. The van der Waals surface area contributed by atoms with Gasteiger partial charge in [0.15, 0.2) is 0 Å². The quantitative estimate of drug-likeness (QED) is 0.749. The van der Waals surface area contributed by atoms with E-state index in [1.165, 1.54) is 4.90 Å². The van der Waals surface area contributed by atoms with E-state index in [1.54, 1.807) is 20.8 Å². The monoisotopic (exact) mass is 293 g/mol. The predicted molar refractivity (Wildman–Crippen MR) is 61.7 cm³/mol. The van der Waals surface area contributed by atoms with E-state index in [2.05, 4.69) is 15.9 Å². The van der Waals surface area contributed by atoms with Crippen molar-refractivity contribution in [2.45, 2.75) is 43.7 Å². The molecule has 1 aliphatic rings. The second-order valence-electron chi connectivity index (χ2n) is 4.82. The normalized spacial score (nSPS) is 25.6. The molecule has 1 fully saturated rings. The van der Waals surface area contributed by atoms with Crippen molar-refractivity contribution < 1.29 is 19.4 Å². The average Bonchev–Trinajstić information content (AvgIpc) is 2.44. The van der Waals surface area contributed by atoms with Crippen LogP contribution in [0.4, 0.5) is 4.79 Å². The number of hydrogen-bond donors (Lipinski definition) is 1. The lowest BCUT2D eigenvalue weighted by Crippen LogP contribution is -2.43. The van der Waals surface area contributed by atoms with Gasteiger partial charge in [0.05, 0.1) is 0 Å². The van der Waals surface area contributed by atoms with Crippen molar-refractivity contribution in [3.63, 3.8) is 0 Å². The first kappa shape index (κ1) is 13.3. The maximum atomic E-state index is 11.7. The molecule has 1 amide bonds. The SMILES string of the molecule is CC(C)(C)OC(=O)N1CC(Br)CC1C(=O)O. The molecule has 0 aromatic rings. The number of carboxylic acids is 1. The number of ether oxygens (including phenoxy) is 1.